The summed E-state index contributed by atoms with van der Waals surface area (Å²) in [7, 11) is 0. The van der Waals surface area contributed by atoms with Crippen LogP contribution in [-0.2, 0) is 0 Å². The molecule has 0 aliphatic carbocycles. The van der Waals surface area contributed by atoms with Crippen molar-refractivity contribution in [3.05, 3.63) is 35.9 Å². The van der Waals surface area contributed by atoms with Gasteiger partial charge in [0.15, 0.2) is 0 Å². The lowest BCUT2D eigenvalue weighted by Gasteiger charge is -2.32. The maximum absolute atomic E-state index is 9.95. The Kier molecular flexibility index (Phi) is 3.62. The lowest BCUT2D eigenvalue weighted by atomic mass is 10.1. The average Bonchev–Trinajstić information content (AvgIpc) is 2.32. The van der Waals surface area contributed by atoms with Crippen molar-refractivity contribution in [2.45, 2.75) is 32.4 Å². The fourth-order valence-electron chi connectivity index (χ4n) is 2.11. The summed E-state index contributed by atoms with van der Waals surface area (Å²) in [6.07, 6.45) is 6.95. The molecular formula is C14H19NO. The van der Waals surface area contributed by atoms with Crippen molar-refractivity contribution in [2.24, 2.45) is 0 Å². The molecule has 1 aliphatic heterocycles. The maximum Gasteiger partial charge on any atom is 0.146 e. The second-order valence-electron chi connectivity index (χ2n) is 4.23. The predicted octanol–water partition coefficient (Wildman–Crippen LogP) is 3.03. The van der Waals surface area contributed by atoms with Gasteiger partial charge in [0.1, 0.15) is 6.23 Å². The molecule has 0 aromatic heterocycles. The van der Waals surface area contributed by atoms with E-state index in [4.69, 9.17) is 0 Å². The molecule has 1 aliphatic rings. The molecule has 1 atom stereocenters. The average molecular weight is 217 g/mol. The van der Waals surface area contributed by atoms with Crippen LogP contribution in [0.25, 0.3) is 6.08 Å². The lowest BCUT2D eigenvalue weighted by molar-refractivity contribution is 0.215. The van der Waals surface area contributed by atoms with E-state index in [1.165, 1.54) is 18.4 Å². The maximum atomic E-state index is 9.95. The zero-order chi connectivity index (χ0) is 11.4. The number of nitrogens with zero attached hydrogens (tertiary/aromatic N) is 1. The van der Waals surface area contributed by atoms with Crippen LogP contribution in [0.15, 0.2) is 30.3 Å². The van der Waals surface area contributed by atoms with Crippen molar-refractivity contribution >= 4 is 11.8 Å². The van der Waals surface area contributed by atoms with E-state index in [0.29, 0.717) is 0 Å². The van der Waals surface area contributed by atoms with Gasteiger partial charge in [0.2, 0.25) is 0 Å². The minimum Gasteiger partial charge on any atom is -0.370 e. The summed E-state index contributed by atoms with van der Waals surface area (Å²) in [5.74, 6) is 0. The molecule has 2 rings (SSSR count). The van der Waals surface area contributed by atoms with E-state index in [2.05, 4.69) is 24.0 Å². The van der Waals surface area contributed by atoms with E-state index in [0.717, 1.165) is 18.7 Å². The monoisotopic (exact) mass is 217 g/mol. The number of anilines is 1. The number of aliphatic hydroxyl groups excluding tert-OH is 1. The van der Waals surface area contributed by atoms with E-state index >= 15 is 0 Å². The molecule has 1 unspecified atom stereocenters. The van der Waals surface area contributed by atoms with E-state index in [-0.39, 0.29) is 0 Å². The van der Waals surface area contributed by atoms with Gasteiger partial charge in [-0.05, 0) is 24.1 Å². The number of benzene rings is 1. The van der Waals surface area contributed by atoms with Gasteiger partial charge in [0.25, 0.3) is 0 Å². The van der Waals surface area contributed by atoms with Gasteiger partial charge in [-0.3, -0.25) is 0 Å². The number of unbranched alkanes of at least 4 members (excludes halogenated alkanes) is 2. The number of hydrogen-bond acceptors (Lipinski definition) is 2. The zero-order valence-electron chi connectivity index (χ0n) is 9.76. The molecule has 0 bridgehead atoms. The summed E-state index contributed by atoms with van der Waals surface area (Å²) in [6, 6.07) is 8.22. The number of rotatable bonds is 4. The molecule has 1 heterocycles. The third-order valence-electron chi connectivity index (χ3n) is 3.02. The smallest absolute Gasteiger partial charge is 0.146 e. The van der Waals surface area contributed by atoms with E-state index in [1.807, 2.05) is 24.3 Å². The molecule has 2 heteroatoms. The van der Waals surface area contributed by atoms with Gasteiger partial charge in [-0.2, -0.15) is 0 Å². The Balaban J connectivity index is 2.14. The third-order valence-corrected chi connectivity index (χ3v) is 3.02. The fraction of sp³-hybridized carbons (Fsp3) is 0.429. The van der Waals surface area contributed by atoms with Crippen molar-refractivity contribution in [3.63, 3.8) is 0 Å². The molecule has 0 saturated carbocycles. The molecule has 16 heavy (non-hydrogen) atoms. The number of hydrogen-bond donors (Lipinski definition) is 1. The second kappa shape index (κ2) is 5.17. The molecule has 0 spiro atoms. The van der Waals surface area contributed by atoms with Crippen LogP contribution in [0.1, 0.15) is 31.7 Å². The van der Waals surface area contributed by atoms with Crippen LogP contribution in [0, 0.1) is 0 Å². The summed E-state index contributed by atoms with van der Waals surface area (Å²) < 4.78 is 0. The van der Waals surface area contributed by atoms with Gasteiger partial charge < -0.3 is 10.0 Å². The Bertz CT molecular complexity index is 373. The molecule has 2 nitrogen and oxygen atoms in total. The van der Waals surface area contributed by atoms with Crippen molar-refractivity contribution in [1.29, 1.82) is 0 Å². The molecule has 0 radical (unpaired) electrons. The topological polar surface area (TPSA) is 23.5 Å². The Labute approximate surface area is 97.2 Å². The standard InChI is InChI=1S/C14H19NO/c1-2-3-6-11-15-13-8-5-4-7-12(13)9-10-14(15)16/h4-5,7-10,14,16H,2-3,6,11H2,1H3. The van der Waals surface area contributed by atoms with E-state index < -0.39 is 6.23 Å². The normalized spacial score (nSPS) is 18.6. The highest BCUT2D eigenvalue weighted by Gasteiger charge is 2.18. The van der Waals surface area contributed by atoms with Crippen molar-refractivity contribution in [1.82, 2.24) is 0 Å². The molecule has 1 aromatic carbocycles. The van der Waals surface area contributed by atoms with Gasteiger partial charge in [-0.1, -0.05) is 44.0 Å². The van der Waals surface area contributed by atoms with Crippen molar-refractivity contribution in [2.75, 3.05) is 11.4 Å². The van der Waals surface area contributed by atoms with Crippen LogP contribution in [-0.4, -0.2) is 17.9 Å². The largest absolute Gasteiger partial charge is 0.370 e. The Morgan fingerprint density at radius 3 is 2.88 bits per heavy atom. The minimum absolute atomic E-state index is 0.466. The molecule has 0 fully saturated rings. The Morgan fingerprint density at radius 2 is 2.06 bits per heavy atom. The van der Waals surface area contributed by atoms with Crippen LogP contribution in [0.2, 0.25) is 0 Å². The Hall–Kier alpha value is -1.28. The molecule has 0 saturated heterocycles. The van der Waals surface area contributed by atoms with Crippen LogP contribution in [0.4, 0.5) is 5.69 Å². The first-order valence-electron chi connectivity index (χ1n) is 6.05. The first kappa shape index (κ1) is 11.2. The highest BCUT2D eigenvalue weighted by molar-refractivity contribution is 5.71. The first-order valence-corrected chi connectivity index (χ1v) is 6.05. The number of fused-ring (bicyclic) bond motifs is 1. The van der Waals surface area contributed by atoms with Gasteiger partial charge in [0.05, 0.1) is 0 Å². The van der Waals surface area contributed by atoms with E-state index in [9.17, 15) is 5.11 Å². The number of aliphatic hydroxyl groups is 1. The number of para-hydroxylation sites is 1. The summed E-state index contributed by atoms with van der Waals surface area (Å²) in [4.78, 5) is 2.07. The molecule has 86 valence electrons. The van der Waals surface area contributed by atoms with Gasteiger partial charge in [-0.25, -0.2) is 0 Å². The summed E-state index contributed by atoms with van der Waals surface area (Å²) in [6.45, 7) is 3.12. The fourth-order valence-corrected chi connectivity index (χ4v) is 2.11. The zero-order valence-corrected chi connectivity index (χ0v) is 9.76. The highest BCUT2D eigenvalue weighted by Crippen LogP contribution is 2.28. The lowest BCUT2D eigenvalue weighted by Crippen LogP contribution is -2.36. The first-order chi connectivity index (χ1) is 7.83. The highest BCUT2D eigenvalue weighted by atomic mass is 16.3. The van der Waals surface area contributed by atoms with E-state index in [1.54, 1.807) is 0 Å². The quantitative estimate of drug-likeness (QED) is 0.784. The van der Waals surface area contributed by atoms with Gasteiger partial charge in [0, 0.05) is 12.2 Å². The molecule has 0 amide bonds. The van der Waals surface area contributed by atoms with Crippen LogP contribution >= 0.6 is 0 Å². The van der Waals surface area contributed by atoms with Gasteiger partial charge in [-0.15, -0.1) is 0 Å². The molecular weight excluding hydrogens is 198 g/mol. The van der Waals surface area contributed by atoms with Crippen LogP contribution < -0.4 is 4.90 Å². The molecule has 1 aromatic rings. The minimum atomic E-state index is -0.466. The summed E-state index contributed by atoms with van der Waals surface area (Å²) >= 11 is 0. The summed E-state index contributed by atoms with van der Waals surface area (Å²) in [5, 5.41) is 9.95. The summed E-state index contributed by atoms with van der Waals surface area (Å²) in [5.41, 5.74) is 2.35. The van der Waals surface area contributed by atoms with Gasteiger partial charge >= 0.3 is 0 Å². The SMILES string of the molecule is CCCCCN1c2ccccc2C=CC1O. The third kappa shape index (κ3) is 2.27. The Morgan fingerprint density at radius 1 is 1.25 bits per heavy atom. The second-order valence-corrected chi connectivity index (χ2v) is 4.23. The van der Waals surface area contributed by atoms with Crippen molar-refractivity contribution in [3.8, 4) is 0 Å². The van der Waals surface area contributed by atoms with Crippen LogP contribution in [0.5, 0.6) is 0 Å². The van der Waals surface area contributed by atoms with Crippen LogP contribution in [0.3, 0.4) is 0 Å². The predicted molar refractivity (Wildman–Crippen MR) is 68.4 cm³/mol. The van der Waals surface area contributed by atoms with Crippen molar-refractivity contribution < 1.29 is 5.11 Å². The molecule has 1 N–H and O–H groups in total.